The molecule has 15 heavy (non-hydrogen) atoms. The Labute approximate surface area is 94.5 Å². The quantitative estimate of drug-likeness (QED) is 0.551. The van der Waals surface area contributed by atoms with Crippen LogP contribution in [0.1, 0.15) is 40.5 Å². The molecule has 1 heteroatoms. The van der Waals surface area contributed by atoms with Crippen molar-refractivity contribution in [1.82, 2.24) is 4.90 Å². The molecule has 0 bridgehead atoms. The van der Waals surface area contributed by atoms with Crippen LogP contribution in [0.25, 0.3) is 0 Å². The van der Waals surface area contributed by atoms with E-state index in [1.165, 1.54) is 25.9 Å². The highest BCUT2D eigenvalue weighted by atomic mass is 15.1. The van der Waals surface area contributed by atoms with Crippen molar-refractivity contribution in [3.8, 4) is 0 Å². The van der Waals surface area contributed by atoms with Gasteiger partial charge in [0.1, 0.15) is 0 Å². The van der Waals surface area contributed by atoms with Gasteiger partial charge < -0.3 is 4.90 Å². The lowest BCUT2D eigenvalue weighted by Gasteiger charge is -2.55. The zero-order chi connectivity index (χ0) is 11.3. The van der Waals surface area contributed by atoms with E-state index in [1.807, 2.05) is 0 Å². The van der Waals surface area contributed by atoms with Crippen LogP contribution < -0.4 is 0 Å². The predicted molar refractivity (Wildman–Crippen MR) is 65.9 cm³/mol. The first-order valence-electron chi connectivity index (χ1n) is 6.22. The molecule has 1 heterocycles. The molecule has 0 saturated carbocycles. The zero-order valence-corrected chi connectivity index (χ0v) is 10.9. The number of hydrogen-bond donors (Lipinski definition) is 0. The van der Waals surface area contributed by atoms with Crippen LogP contribution >= 0.6 is 0 Å². The van der Waals surface area contributed by atoms with Crippen LogP contribution in [0.2, 0.25) is 0 Å². The molecular formula is C14H25N. The molecule has 2 aliphatic rings. The van der Waals surface area contributed by atoms with Crippen molar-refractivity contribution in [3.63, 3.8) is 0 Å². The lowest BCUT2D eigenvalue weighted by atomic mass is 9.54. The van der Waals surface area contributed by atoms with Crippen LogP contribution in [0.5, 0.6) is 0 Å². The molecule has 0 spiro atoms. The predicted octanol–water partition coefficient (Wildman–Crippen LogP) is 3.32. The Kier molecular flexibility index (Phi) is 2.50. The molecule has 0 N–H and O–H groups in total. The number of likely N-dealkylation sites (tertiary alicyclic amines) is 1. The third-order valence-corrected chi connectivity index (χ3v) is 5.03. The fourth-order valence-corrected chi connectivity index (χ4v) is 3.87. The van der Waals surface area contributed by atoms with Gasteiger partial charge in [-0.15, -0.1) is 0 Å². The average Bonchev–Trinajstić information content (AvgIpc) is 2.11. The van der Waals surface area contributed by atoms with Gasteiger partial charge in [-0.25, -0.2) is 0 Å². The fourth-order valence-electron chi connectivity index (χ4n) is 3.87. The molecule has 86 valence electrons. The van der Waals surface area contributed by atoms with Gasteiger partial charge in [0, 0.05) is 6.54 Å². The van der Waals surface area contributed by atoms with Gasteiger partial charge in [0.05, 0.1) is 0 Å². The third-order valence-electron chi connectivity index (χ3n) is 5.03. The molecule has 0 amide bonds. The summed E-state index contributed by atoms with van der Waals surface area (Å²) in [6, 6.07) is 0. The number of rotatable bonds is 0. The molecule has 0 aromatic heterocycles. The van der Waals surface area contributed by atoms with Gasteiger partial charge in [-0.3, -0.25) is 0 Å². The summed E-state index contributed by atoms with van der Waals surface area (Å²) in [5.41, 5.74) is 2.53. The van der Waals surface area contributed by atoms with Crippen molar-refractivity contribution in [2.45, 2.75) is 40.5 Å². The minimum atomic E-state index is 0.411. The summed E-state index contributed by atoms with van der Waals surface area (Å²) in [7, 11) is 2.26. The summed E-state index contributed by atoms with van der Waals surface area (Å²) < 4.78 is 0. The smallest absolute Gasteiger partial charge is 0.00382 e. The second-order valence-corrected chi connectivity index (χ2v) is 6.55. The van der Waals surface area contributed by atoms with Crippen LogP contribution in [0.4, 0.5) is 0 Å². The van der Waals surface area contributed by atoms with Crippen molar-refractivity contribution < 1.29 is 0 Å². The first-order chi connectivity index (χ1) is 6.86. The molecule has 2 atom stereocenters. The number of allylic oxidation sites excluding steroid dienone is 2. The monoisotopic (exact) mass is 207 g/mol. The van der Waals surface area contributed by atoms with Crippen molar-refractivity contribution >= 4 is 0 Å². The van der Waals surface area contributed by atoms with E-state index in [0.29, 0.717) is 10.8 Å². The molecule has 1 aliphatic heterocycles. The van der Waals surface area contributed by atoms with E-state index < -0.39 is 0 Å². The summed E-state index contributed by atoms with van der Waals surface area (Å²) in [5.74, 6) is 0.867. The normalized spacial score (nSPS) is 40.9. The van der Waals surface area contributed by atoms with Gasteiger partial charge in [-0.2, -0.15) is 0 Å². The van der Waals surface area contributed by atoms with E-state index in [9.17, 15) is 0 Å². The minimum absolute atomic E-state index is 0.411. The maximum absolute atomic E-state index is 2.50. The maximum Gasteiger partial charge on any atom is 0.00382 e. The number of hydrogen-bond acceptors (Lipinski definition) is 1. The van der Waals surface area contributed by atoms with Crippen molar-refractivity contribution in [1.29, 1.82) is 0 Å². The van der Waals surface area contributed by atoms with E-state index in [-0.39, 0.29) is 0 Å². The number of fused-ring (bicyclic) bond motifs is 1. The number of nitrogens with zero attached hydrogens (tertiary/aromatic N) is 1. The van der Waals surface area contributed by atoms with Crippen LogP contribution in [-0.2, 0) is 0 Å². The van der Waals surface area contributed by atoms with E-state index >= 15 is 0 Å². The number of piperidine rings is 1. The molecular weight excluding hydrogens is 182 g/mol. The van der Waals surface area contributed by atoms with Gasteiger partial charge in [0.2, 0.25) is 0 Å². The van der Waals surface area contributed by atoms with Crippen molar-refractivity contribution in [2.75, 3.05) is 20.1 Å². The van der Waals surface area contributed by atoms with Crippen LogP contribution in [0.3, 0.4) is 0 Å². The highest BCUT2D eigenvalue weighted by Gasteiger charge is 2.48. The second-order valence-electron chi connectivity index (χ2n) is 6.55. The molecule has 1 nitrogen and oxygen atoms in total. The SMILES string of the molecule is CC1=CC[C@]2(C)CN(C)CCC2C1(C)C. The topological polar surface area (TPSA) is 3.24 Å². The van der Waals surface area contributed by atoms with Crippen LogP contribution in [0.15, 0.2) is 11.6 Å². The summed E-state index contributed by atoms with van der Waals surface area (Å²) in [6.45, 7) is 12.2. The molecule has 1 unspecified atom stereocenters. The van der Waals surface area contributed by atoms with Gasteiger partial charge in [-0.1, -0.05) is 32.4 Å². The van der Waals surface area contributed by atoms with Crippen molar-refractivity contribution in [2.24, 2.45) is 16.7 Å². The Balaban J connectivity index is 2.34. The average molecular weight is 207 g/mol. The first kappa shape index (κ1) is 11.2. The molecule has 1 saturated heterocycles. The van der Waals surface area contributed by atoms with E-state index in [2.05, 4.69) is 45.7 Å². The van der Waals surface area contributed by atoms with Gasteiger partial charge in [-0.05, 0) is 50.1 Å². The van der Waals surface area contributed by atoms with E-state index in [0.717, 1.165) is 5.92 Å². The summed E-state index contributed by atoms with van der Waals surface area (Å²) in [4.78, 5) is 2.50. The maximum atomic E-state index is 2.50. The molecule has 1 fully saturated rings. The largest absolute Gasteiger partial charge is 0.306 e. The Morgan fingerprint density at radius 3 is 2.67 bits per heavy atom. The molecule has 1 aliphatic carbocycles. The Morgan fingerprint density at radius 1 is 1.33 bits per heavy atom. The standard InChI is InChI=1S/C14H25N/c1-11-6-8-14(4)10-15(5)9-7-12(14)13(11,2)3/h6,12H,7-10H2,1-5H3/t12?,14-/m1/s1. The Morgan fingerprint density at radius 2 is 2.00 bits per heavy atom. The van der Waals surface area contributed by atoms with E-state index in [4.69, 9.17) is 0 Å². The molecule has 0 aromatic rings. The van der Waals surface area contributed by atoms with Crippen molar-refractivity contribution in [3.05, 3.63) is 11.6 Å². The van der Waals surface area contributed by atoms with E-state index in [1.54, 1.807) is 5.57 Å². The second kappa shape index (κ2) is 3.35. The summed E-state index contributed by atoms with van der Waals surface area (Å²) in [5, 5.41) is 0. The fraction of sp³-hybridized carbons (Fsp3) is 0.857. The molecule has 2 rings (SSSR count). The first-order valence-corrected chi connectivity index (χ1v) is 6.22. The van der Waals surface area contributed by atoms with Gasteiger partial charge in [0.15, 0.2) is 0 Å². The highest BCUT2D eigenvalue weighted by molar-refractivity contribution is 5.20. The van der Waals surface area contributed by atoms with Gasteiger partial charge >= 0.3 is 0 Å². The Hall–Kier alpha value is -0.300. The van der Waals surface area contributed by atoms with Gasteiger partial charge in [0.25, 0.3) is 0 Å². The lowest BCUT2D eigenvalue weighted by Crippen LogP contribution is -2.52. The summed E-state index contributed by atoms with van der Waals surface area (Å²) in [6.07, 6.45) is 5.12. The van der Waals surface area contributed by atoms with Crippen LogP contribution in [0, 0.1) is 16.7 Å². The molecule has 0 radical (unpaired) electrons. The Bertz CT molecular complexity index is 290. The molecule has 0 aromatic carbocycles. The highest BCUT2D eigenvalue weighted by Crippen LogP contribution is 2.54. The zero-order valence-electron chi connectivity index (χ0n) is 10.9. The third kappa shape index (κ3) is 1.65. The van der Waals surface area contributed by atoms with Crippen LogP contribution in [-0.4, -0.2) is 25.0 Å². The minimum Gasteiger partial charge on any atom is -0.306 e. The lowest BCUT2D eigenvalue weighted by molar-refractivity contribution is -0.00935. The summed E-state index contributed by atoms with van der Waals surface area (Å²) >= 11 is 0.